The second-order valence-electron chi connectivity index (χ2n) is 6.87. The third-order valence-electron chi connectivity index (χ3n) is 5.15. The molecule has 5 nitrogen and oxygen atoms in total. The highest BCUT2D eigenvalue weighted by molar-refractivity contribution is 6.09. The van der Waals surface area contributed by atoms with Gasteiger partial charge in [0, 0.05) is 7.05 Å². The Labute approximate surface area is 168 Å². The van der Waals surface area contributed by atoms with Crippen LogP contribution in [0.25, 0.3) is 11.1 Å². The summed E-state index contributed by atoms with van der Waals surface area (Å²) >= 11 is 0. The van der Waals surface area contributed by atoms with Gasteiger partial charge < -0.3 is 10.5 Å². The average molecular weight is 389 g/mol. The van der Waals surface area contributed by atoms with Gasteiger partial charge in [-0.15, -0.1) is 0 Å². The van der Waals surface area contributed by atoms with Gasteiger partial charge in [0.1, 0.15) is 11.6 Å². The van der Waals surface area contributed by atoms with Gasteiger partial charge in [0.2, 0.25) is 0 Å². The van der Waals surface area contributed by atoms with E-state index in [1.807, 2.05) is 42.5 Å². The molecule has 0 bridgehead atoms. The summed E-state index contributed by atoms with van der Waals surface area (Å²) in [6.45, 7) is 0. The number of aliphatic imine (C=N–C) groups is 1. The minimum atomic E-state index is -1.43. The van der Waals surface area contributed by atoms with Crippen LogP contribution in [-0.4, -0.2) is 30.9 Å². The summed E-state index contributed by atoms with van der Waals surface area (Å²) in [6, 6.07) is 20.9. The van der Waals surface area contributed by atoms with Crippen molar-refractivity contribution < 1.29 is 13.9 Å². The van der Waals surface area contributed by atoms with Crippen LogP contribution in [0.15, 0.2) is 77.8 Å². The molecule has 4 rings (SSSR count). The lowest BCUT2D eigenvalue weighted by molar-refractivity contribution is -0.129. The van der Waals surface area contributed by atoms with Crippen LogP contribution in [-0.2, 0) is 10.3 Å². The fraction of sp³-hybridized carbons (Fsp3) is 0.130. The Bertz CT molecular complexity index is 1110. The summed E-state index contributed by atoms with van der Waals surface area (Å²) in [5.74, 6) is -0.0498. The number of ether oxygens (including phenoxy) is 1. The van der Waals surface area contributed by atoms with Crippen molar-refractivity contribution in [3.63, 3.8) is 0 Å². The van der Waals surface area contributed by atoms with E-state index >= 15 is 0 Å². The highest BCUT2D eigenvalue weighted by Crippen LogP contribution is 2.41. The number of methoxy groups -OCH3 is 1. The predicted molar refractivity (Wildman–Crippen MR) is 110 cm³/mol. The van der Waals surface area contributed by atoms with Gasteiger partial charge in [-0.2, -0.15) is 0 Å². The molecule has 6 heteroatoms. The summed E-state index contributed by atoms with van der Waals surface area (Å²) in [5.41, 5.74) is 6.98. The molecule has 0 saturated heterocycles. The standard InChI is InChI=1S/C23H20FN3O2/c1-27-21(28)23(26-22(27)25,17-8-4-3-5-9-17)18-11-16(12-19(24)14-18)15-7-6-10-20(13-15)29-2/h3-14H,1-2H3,(H2,25,26). The lowest BCUT2D eigenvalue weighted by Gasteiger charge is -2.26. The second-order valence-corrected chi connectivity index (χ2v) is 6.87. The fourth-order valence-corrected chi connectivity index (χ4v) is 3.63. The number of nitrogens with two attached hydrogens (primary N) is 1. The van der Waals surface area contributed by atoms with E-state index < -0.39 is 11.4 Å². The first kappa shape index (κ1) is 18.7. The van der Waals surface area contributed by atoms with Gasteiger partial charge in [0.15, 0.2) is 11.5 Å². The third-order valence-corrected chi connectivity index (χ3v) is 5.15. The van der Waals surface area contributed by atoms with Crippen molar-refractivity contribution >= 4 is 11.9 Å². The fourth-order valence-electron chi connectivity index (χ4n) is 3.63. The normalized spacial score (nSPS) is 18.7. The smallest absolute Gasteiger partial charge is 0.266 e. The predicted octanol–water partition coefficient (Wildman–Crippen LogP) is 3.53. The molecule has 0 radical (unpaired) electrons. The highest BCUT2D eigenvalue weighted by atomic mass is 19.1. The molecule has 0 spiro atoms. The molecule has 1 heterocycles. The number of benzene rings is 3. The molecule has 29 heavy (non-hydrogen) atoms. The molecule has 1 atom stereocenters. The van der Waals surface area contributed by atoms with Crippen molar-refractivity contribution in [1.29, 1.82) is 0 Å². The van der Waals surface area contributed by atoms with Crippen LogP contribution < -0.4 is 10.5 Å². The van der Waals surface area contributed by atoms with Gasteiger partial charge in [-0.25, -0.2) is 9.38 Å². The number of nitrogens with zero attached hydrogens (tertiary/aromatic N) is 2. The first-order valence-electron chi connectivity index (χ1n) is 9.10. The maximum atomic E-state index is 14.7. The van der Waals surface area contributed by atoms with Crippen LogP contribution in [0.4, 0.5) is 4.39 Å². The van der Waals surface area contributed by atoms with E-state index in [-0.39, 0.29) is 11.9 Å². The molecule has 3 aromatic rings. The Hall–Kier alpha value is -3.67. The zero-order valence-corrected chi connectivity index (χ0v) is 16.1. The molecule has 1 aliphatic rings. The Kier molecular flexibility index (Phi) is 4.54. The van der Waals surface area contributed by atoms with Crippen LogP contribution >= 0.6 is 0 Å². The molecule has 2 N–H and O–H groups in total. The number of likely N-dealkylation sites (N-methyl/N-ethyl adjacent to an activating group) is 1. The molecule has 0 saturated carbocycles. The van der Waals surface area contributed by atoms with Crippen molar-refractivity contribution in [2.75, 3.05) is 14.2 Å². The monoisotopic (exact) mass is 389 g/mol. The molecule has 1 aliphatic heterocycles. The molecular weight excluding hydrogens is 369 g/mol. The van der Waals surface area contributed by atoms with Crippen LogP contribution in [0.1, 0.15) is 11.1 Å². The number of hydrogen-bond acceptors (Lipinski definition) is 4. The topological polar surface area (TPSA) is 67.9 Å². The number of halogens is 1. The van der Waals surface area contributed by atoms with Crippen molar-refractivity contribution in [1.82, 2.24) is 4.90 Å². The highest BCUT2D eigenvalue weighted by Gasteiger charge is 2.49. The van der Waals surface area contributed by atoms with Gasteiger partial charge in [0.25, 0.3) is 5.91 Å². The van der Waals surface area contributed by atoms with Crippen LogP contribution in [0.3, 0.4) is 0 Å². The van der Waals surface area contributed by atoms with Gasteiger partial charge in [-0.3, -0.25) is 9.69 Å². The van der Waals surface area contributed by atoms with E-state index in [0.717, 1.165) is 5.56 Å². The number of carbonyl (C=O) groups excluding carboxylic acids is 1. The maximum absolute atomic E-state index is 14.7. The van der Waals surface area contributed by atoms with Crippen LogP contribution in [0, 0.1) is 5.82 Å². The van der Waals surface area contributed by atoms with Crippen molar-refractivity contribution in [3.05, 3.63) is 89.7 Å². The lowest BCUT2D eigenvalue weighted by atomic mass is 9.81. The summed E-state index contributed by atoms with van der Waals surface area (Å²) in [5, 5.41) is 0. The van der Waals surface area contributed by atoms with E-state index in [4.69, 9.17) is 10.5 Å². The Balaban J connectivity index is 1.96. The summed E-state index contributed by atoms with van der Waals surface area (Å²) in [4.78, 5) is 19.1. The Morgan fingerprint density at radius 1 is 0.966 bits per heavy atom. The van der Waals surface area contributed by atoms with Crippen molar-refractivity contribution in [2.24, 2.45) is 10.7 Å². The summed E-state index contributed by atoms with van der Waals surface area (Å²) in [6.07, 6.45) is 0. The summed E-state index contributed by atoms with van der Waals surface area (Å²) < 4.78 is 20.0. The van der Waals surface area contributed by atoms with E-state index in [1.165, 1.54) is 17.0 Å². The average Bonchev–Trinajstić information content (AvgIpc) is 2.99. The van der Waals surface area contributed by atoms with Crippen molar-refractivity contribution in [3.8, 4) is 16.9 Å². The van der Waals surface area contributed by atoms with Crippen LogP contribution in [0.2, 0.25) is 0 Å². The largest absolute Gasteiger partial charge is 0.497 e. The molecule has 1 unspecified atom stereocenters. The van der Waals surface area contributed by atoms with E-state index in [9.17, 15) is 9.18 Å². The minimum Gasteiger partial charge on any atom is -0.497 e. The summed E-state index contributed by atoms with van der Waals surface area (Å²) in [7, 11) is 3.14. The van der Waals surface area contributed by atoms with Gasteiger partial charge in [-0.05, 0) is 52.6 Å². The first-order valence-corrected chi connectivity index (χ1v) is 9.10. The van der Waals surface area contributed by atoms with Gasteiger partial charge in [0.05, 0.1) is 7.11 Å². The maximum Gasteiger partial charge on any atom is 0.266 e. The van der Waals surface area contributed by atoms with Gasteiger partial charge >= 0.3 is 0 Å². The molecule has 0 aromatic heterocycles. The number of guanidine groups is 1. The molecule has 146 valence electrons. The number of hydrogen-bond donors (Lipinski definition) is 1. The zero-order chi connectivity index (χ0) is 20.6. The SMILES string of the molecule is COc1cccc(-c2cc(F)cc(C3(c4ccccc4)N=C(N)N(C)C3=O)c2)c1. The van der Waals surface area contributed by atoms with E-state index in [0.29, 0.717) is 22.4 Å². The number of rotatable bonds is 4. The van der Waals surface area contributed by atoms with E-state index in [2.05, 4.69) is 4.99 Å². The minimum absolute atomic E-state index is 0.0889. The molecule has 0 fully saturated rings. The second kappa shape index (κ2) is 7.05. The molecule has 0 aliphatic carbocycles. The third kappa shape index (κ3) is 3.02. The zero-order valence-electron chi connectivity index (χ0n) is 16.1. The Morgan fingerprint density at radius 2 is 1.72 bits per heavy atom. The number of amides is 1. The molecule has 1 amide bonds. The Morgan fingerprint density at radius 3 is 2.38 bits per heavy atom. The molecular formula is C23H20FN3O2. The van der Waals surface area contributed by atoms with Crippen LogP contribution in [0.5, 0.6) is 5.75 Å². The number of carbonyl (C=O) groups is 1. The van der Waals surface area contributed by atoms with Crippen molar-refractivity contribution in [2.45, 2.75) is 5.54 Å². The van der Waals surface area contributed by atoms with Gasteiger partial charge in [-0.1, -0.05) is 42.5 Å². The lowest BCUT2D eigenvalue weighted by Crippen LogP contribution is -2.41. The quantitative estimate of drug-likeness (QED) is 0.742. The molecule has 3 aromatic carbocycles. The van der Waals surface area contributed by atoms with E-state index in [1.54, 1.807) is 32.4 Å². The first-order chi connectivity index (χ1) is 14.0.